The molecule has 166 valence electrons. The number of rotatable bonds is 4. The Morgan fingerprint density at radius 2 is 1.91 bits per heavy atom. The first-order chi connectivity index (χ1) is 16.1. The summed E-state index contributed by atoms with van der Waals surface area (Å²) in [6.07, 6.45) is 1.69. The van der Waals surface area contributed by atoms with Gasteiger partial charge in [-0.15, -0.1) is 0 Å². The summed E-state index contributed by atoms with van der Waals surface area (Å²) >= 11 is 0. The van der Waals surface area contributed by atoms with Crippen molar-refractivity contribution < 1.29 is 18.3 Å². The normalized spacial score (nSPS) is 15.1. The lowest BCUT2D eigenvalue weighted by Crippen LogP contribution is -2.43. The number of carbonyl (C=O) groups excluding carboxylic acids is 1. The second-order valence-corrected chi connectivity index (χ2v) is 8.20. The van der Waals surface area contributed by atoms with E-state index in [1.807, 2.05) is 24.3 Å². The van der Waals surface area contributed by atoms with Crippen LogP contribution in [-0.4, -0.2) is 41.6 Å². The number of anilines is 1. The van der Waals surface area contributed by atoms with Crippen molar-refractivity contribution in [3.63, 3.8) is 0 Å². The zero-order valence-corrected chi connectivity index (χ0v) is 17.6. The Labute approximate surface area is 188 Å². The maximum Gasteiger partial charge on any atom is 0.268 e. The SMILES string of the molecule is O=C1c2c(nc3cc(N4CCNCC4)ccc3c2OCc2ccc(F)cc2F)-c2cccn21. The molecule has 6 rings (SSSR count). The number of hydrogen-bond donors (Lipinski definition) is 1. The lowest BCUT2D eigenvalue weighted by Gasteiger charge is -2.29. The fourth-order valence-electron chi connectivity index (χ4n) is 4.54. The molecule has 0 spiro atoms. The molecule has 0 unspecified atom stereocenters. The minimum atomic E-state index is -0.691. The van der Waals surface area contributed by atoms with Gasteiger partial charge in [0, 0.05) is 55.1 Å². The van der Waals surface area contributed by atoms with Crippen LogP contribution < -0.4 is 15.0 Å². The summed E-state index contributed by atoms with van der Waals surface area (Å²) in [5.41, 5.74) is 3.55. The Hall–Kier alpha value is -3.78. The predicted molar refractivity (Wildman–Crippen MR) is 121 cm³/mol. The molecule has 8 heteroatoms. The molecule has 4 aromatic rings. The lowest BCUT2D eigenvalue weighted by atomic mass is 10.1. The van der Waals surface area contributed by atoms with Gasteiger partial charge in [0.15, 0.2) is 0 Å². The number of benzene rings is 2. The van der Waals surface area contributed by atoms with Crippen molar-refractivity contribution in [1.82, 2.24) is 14.9 Å². The molecular formula is C25H20F2N4O2. The van der Waals surface area contributed by atoms with Crippen LogP contribution in [0.5, 0.6) is 5.75 Å². The highest BCUT2D eigenvalue weighted by molar-refractivity contribution is 6.13. The Morgan fingerprint density at radius 1 is 1.06 bits per heavy atom. The number of aromatic nitrogens is 2. The van der Waals surface area contributed by atoms with E-state index in [0.717, 1.165) is 37.9 Å². The minimum Gasteiger partial charge on any atom is -0.487 e. The van der Waals surface area contributed by atoms with E-state index >= 15 is 0 Å². The standard InChI is InChI=1S/C25H20F2N4O2/c26-16-4-3-15(19(27)12-16)14-33-24-18-6-5-17(30-10-7-28-8-11-30)13-20(18)29-23-21-2-1-9-31(21)25(32)22(23)24/h1-6,9,12-13,28H,7-8,10-11,14H2. The molecule has 0 amide bonds. The molecule has 0 atom stereocenters. The van der Waals surface area contributed by atoms with Crippen molar-refractivity contribution in [2.45, 2.75) is 6.61 Å². The topological polar surface area (TPSA) is 59.4 Å². The number of hydrogen-bond acceptors (Lipinski definition) is 5. The number of piperazine rings is 1. The highest BCUT2D eigenvalue weighted by Crippen LogP contribution is 2.42. The molecule has 2 aliphatic heterocycles. The van der Waals surface area contributed by atoms with Gasteiger partial charge in [0.2, 0.25) is 0 Å². The number of fused-ring (bicyclic) bond motifs is 4. The van der Waals surface area contributed by atoms with Gasteiger partial charge in [-0.3, -0.25) is 9.36 Å². The number of nitrogens with zero attached hydrogens (tertiary/aromatic N) is 3. The highest BCUT2D eigenvalue weighted by atomic mass is 19.1. The molecule has 1 N–H and O–H groups in total. The molecule has 2 aromatic carbocycles. The first-order valence-corrected chi connectivity index (χ1v) is 10.8. The van der Waals surface area contributed by atoms with Crippen molar-refractivity contribution in [2.24, 2.45) is 0 Å². The number of ether oxygens (including phenoxy) is 1. The maximum atomic E-state index is 14.2. The van der Waals surface area contributed by atoms with Crippen LogP contribution in [0.1, 0.15) is 15.9 Å². The van der Waals surface area contributed by atoms with E-state index in [0.29, 0.717) is 33.6 Å². The van der Waals surface area contributed by atoms with Crippen LogP contribution in [-0.2, 0) is 6.61 Å². The number of pyridine rings is 1. The number of halogens is 2. The average molecular weight is 446 g/mol. The number of nitrogens with one attached hydrogen (secondary N) is 1. The molecule has 6 nitrogen and oxygen atoms in total. The Kier molecular flexibility index (Phi) is 4.62. The summed E-state index contributed by atoms with van der Waals surface area (Å²) < 4.78 is 35.1. The Balaban J connectivity index is 1.48. The van der Waals surface area contributed by atoms with E-state index in [4.69, 9.17) is 9.72 Å². The van der Waals surface area contributed by atoms with Gasteiger partial charge in [-0.1, -0.05) is 0 Å². The summed E-state index contributed by atoms with van der Waals surface area (Å²) in [5, 5.41) is 4.02. The monoisotopic (exact) mass is 446 g/mol. The molecule has 33 heavy (non-hydrogen) atoms. The molecule has 0 aliphatic carbocycles. The van der Waals surface area contributed by atoms with Crippen LogP contribution in [0.15, 0.2) is 54.7 Å². The molecule has 1 saturated heterocycles. The van der Waals surface area contributed by atoms with Crippen molar-refractivity contribution >= 4 is 22.5 Å². The van der Waals surface area contributed by atoms with Gasteiger partial charge in [-0.25, -0.2) is 13.8 Å². The fraction of sp³-hybridized carbons (Fsp3) is 0.200. The molecule has 0 saturated carbocycles. The van der Waals surface area contributed by atoms with Gasteiger partial charge in [0.1, 0.15) is 35.2 Å². The van der Waals surface area contributed by atoms with Crippen LogP contribution in [0, 0.1) is 11.6 Å². The van der Waals surface area contributed by atoms with Crippen molar-refractivity contribution in [3.05, 3.63) is 77.5 Å². The van der Waals surface area contributed by atoms with Crippen LogP contribution in [0.2, 0.25) is 0 Å². The largest absolute Gasteiger partial charge is 0.487 e. The van der Waals surface area contributed by atoms with E-state index < -0.39 is 11.6 Å². The molecule has 1 fully saturated rings. The van der Waals surface area contributed by atoms with E-state index in [2.05, 4.69) is 10.2 Å². The van der Waals surface area contributed by atoms with Gasteiger partial charge in [-0.05, 0) is 42.5 Å². The third-order valence-corrected chi connectivity index (χ3v) is 6.22. The van der Waals surface area contributed by atoms with Gasteiger partial charge in [0.25, 0.3) is 5.91 Å². The smallest absolute Gasteiger partial charge is 0.268 e. The third-order valence-electron chi connectivity index (χ3n) is 6.22. The average Bonchev–Trinajstić information content (AvgIpc) is 3.41. The fourth-order valence-corrected chi connectivity index (χ4v) is 4.54. The van der Waals surface area contributed by atoms with Crippen LogP contribution in [0.4, 0.5) is 14.5 Å². The summed E-state index contributed by atoms with van der Waals surface area (Å²) in [6, 6.07) is 12.9. The first kappa shape index (κ1) is 19.9. The van der Waals surface area contributed by atoms with Crippen LogP contribution in [0.25, 0.3) is 22.3 Å². The Bertz CT molecular complexity index is 1410. The summed E-state index contributed by atoms with van der Waals surface area (Å²) in [5.74, 6) is -1.22. The quantitative estimate of drug-likeness (QED) is 0.453. The molecule has 0 bridgehead atoms. The van der Waals surface area contributed by atoms with Crippen molar-refractivity contribution in [1.29, 1.82) is 0 Å². The zero-order chi connectivity index (χ0) is 22.5. The first-order valence-electron chi connectivity index (χ1n) is 10.8. The summed E-state index contributed by atoms with van der Waals surface area (Å²) in [4.78, 5) is 20.3. The maximum absolute atomic E-state index is 14.2. The van der Waals surface area contributed by atoms with Crippen molar-refractivity contribution in [3.8, 4) is 17.1 Å². The summed E-state index contributed by atoms with van der Waals surface area (Å²) in [7, 11) is 0. The van der Waals surface area contributed by atoms with Crippen LogP contribution >= 0.6 is 0 Å². The minimum absolute atomic E-state index is 0.140. The molecule has 4 heterocycles. The van der Waals surface area contributed by atoms with E-state index in [1.165, 1.54) is 12.1 Å². The third kappa shape index (κ3) is 3.25. The summed E-state index contributed by atoms with van der Waals surface area (Å²) in [6.45, 7) is 3.47. The van der Waals surface area contributed by atoms with Gasteiger partial charge >= 0.3 is 0 Å². The highest BCUT2D eigenvalue weighted by Gasteiger charge is 2.33. The van der Waals surface area contributed by atoms with Crippen LogP contribution in [0.3, 0.4) is 0 Å². The van der Waals surface area contributed by atoms with Crippen molar-refractivity contribution in [2.75, 3.05) is 31.1 Å². The van der Waals surface area contributed by atoms with E-state index in [-0.39, 0.29) is 18.1 Å². The van der Waals surface area contributed by atoms with E-state index in [1.54, 1.807) is 16.8 Å². The second kappa shape index (κ2) is 7.67. The zero-order valence-electron chi connectivity index (χ0n) is 17.6. The van der Waals surface area contributed by atoms with E-state index in [9.17, 15) is 13.6 Å². The predicted octanol–water partition coefficient (Wildman–Crippen LogP) is 3.97. The van der Waals surface area contributed by atoms with Gasteiger partial charge in [-0.2, -0.15) is 0 Å². The molecule has 2 aliphatic rings. The van der Waals surface area contributed by atoms with Gasteiger partial charge in [0.05, 0.1) is 11.2 Å². The molecule has 2 aromatic heterocycles. The second-order valence-electron chi connectivity index (χ2n) is 8.20. The number of carbonyl (C=O) groups is 1. The van der Waals surface area contributed by atoms with Gasteiger partial charge < -0.3 is 15.0 Å². The Morgan fingerprint density at radius 3 is 2.73 bits per heavy atom. The molecule has 0 radical (unpaired) electrons. The molecular weight excluding hydrogens is 426 g/mol. The lowest BCUT2D eigenvalue weighted by molar-refractivity contribution is 0.0965.